The minimum Gasteiger partial charge on any atom is -0.506 e. The van der Waals surface area contributed by atoms with Crippen molar-refractivity contribution in [2.45, 2.75) is 31.0 Å². The highest BCUT2D eigenvalue weighted by Gasteiger charge is 2.48. The maximum atomic E-state index is 13.1. The summed E-state index contributed by atoms with van der Waals surface area (Å²) >= 11 is 0. The minimum absolute atomic E-state index is 0.0853. The molecule has 4 rings (SSSR count). The Labute approximate surface area is 158 Å². The molecule has 0 amide bonds. The lowest BCUT2D eigenvalue weighted by Crippen LogP contribution is -2.33. The summed E-state index contributed by atoms with van der Waals surface area (Å²) in [6, 6.07) is 9.53. The monoisotopic (exact) mass is 372 g/mol. The molecule has 2 fully saturated rings. The summed E-state index contributed by atoms with van der Waals surface area (Å²) in [6.45, 7) is 2.21. The van der Waals surface area contributed by atoms with Crippen LogP contribution >= 0.6 is 0 Å². The number of hydrogen-bond donors (Lipinski definition) is 3. The lowest BCUT2D eigenvalue weighted by molar-refractivity contribution is 0.0327. The zero-order valence-electron chi connectivity index (χ0n) is 15.1. The predicted octanol–water partition coefficient (Wildman–Crippen LogP) is 2.28. The summed E-state index contributed by atoms with van der Waals surface area (Å²) < 4.78 is 13.1. The molecule has 1 saturated carbocycles. The molecule has 2 aromatic rings. The molecular formula is C21H25FN2O3. The summed E-state index contributed by atoms with van der Waals surface area (Å²) in [5.74, 6) is 0.652. The van der Waals surface area contributed by atoms with E-state index in [1.54, 1.807) is 18.2 Å². The Balaban J connectivity index is 1.32. The van der Waals surface area contributed by atoms with E-state index in [1.165, 1.54) is 24.4 Å². The molecule has 4 atom stereocenters. The summed E-state index contributed by atoms with van der Waals surface area (Å²) in [5, 5.41) is 30.7. The molecule has 0 radical (unpaired) electrons. The second-order valence-corrected chi connectivity index (χ2v) is 8.13. The number of aliphatic hydroxyl groups is 2. The summed E-state index contributed by atoms with van der Waals surface area (Å²) in [4.78, 5) is 6.30. The number of β-amino-alcohol motifs (C(OH)–C–C–N with tert-alkyl or cyclic N) is 1. The van der Waals surface area contributed by atoms with Crippen LogP contribution in [-0.2, 0) is 6.42 Å². The van der Waals surface area contributed by atoms with E-state index in [9.17, 15) is 19.7 Å². The van der Waals surface area contributed by atoms with E-state index in [2.05, 4.69) is 9.88 Å². The fraction of sp³-hybridized carbons (Fsp3) is 0.476. The number of pyridine rings is 1. The van der Waals surface area contributed by atoms with E-state index in [-0.39, 0.29) is 11.6 Å². The van der Waals surface area contributed by atoms with Gasteiger partial charge in [-0.3, -0.25) is 9.88 Å². The number of fused-ring (bicyclic) bond motifs is 1. The van der Waals surface area contributed by atoms with E-state index in [1.807, 2.05) is 0 Å². The Kier molecular flexibility index (Phi) is 4.88. The molecule has 144 valence electrons. The van der Waals surface area contributed by atoms with Gasteiger partial charge < -0.3 is 15.3 Å². The summed E-state index contributed by atoms with van der Waals surface area (Å²) in [7, 11) is 0. The number of nitrogens with zero attached hydrogens (tertiary/aromatic N) is 2. The van der Waals surface area contributed by atoms with E-state index >= 15 is 0 Å². The number of aromatic hydroxyl groups is 1. The molecule has 0 spiro atoms. The van der Waals surface area contributed by atoms with Gasteiger partial charge in [0.25, 0.3) is 0 Å². The largest absolute Gasteiger partial charge is 0.506 e. The molecule has 0 bridgehead atoms. The van der Waals surface area contributed by atoms with Gasteiger partial charge in [-0.05, 0) is 54.5 Å². The van der Waals surface area contributed by atoms with E-state index in [0.717, 1.165) is 31.5 Å². The molecule has 2 aliphatic rings. The van der Waals surface area contributed by atoms with Gasteiger partial charge in [-0.2, -0.15) is 0 Å². The predicted molar refractivity (Wildman–Crippen MR) is 98.6 cm³/mol. The van der Waals surface area contributed by atoms with Crippen molar-refractivity contribution >= 4 is 0 Å². The summed E-state index contributed by atoms with van der Waals surface area (Å²) in [5.41, 5.74) is 0.790. The molecule has 3 N–H and O–H groups in total. The van der Waals surface area contributed by atoms with Gasteiger partial charge in [0, 0.05) is 26.1 Å². The Morgan fingerprint density at radius 2 is 1.78 bits per heavy atom. The molecule has 6 heteroatoms. The first-order valence-corrected chi connectivity index (χ1v) is 9.42. The third-order valence-electron chi connectivity index (χ3n) is 5.93. The van der Waals surface area contributed by atoms with Crippen LogP contribution in [0, 0.1) is 17.7 Å². The van der Waals surface area contributed by atoms with Crippen LogP contribution in [-0.4, -0.2) is 50.4 Å². The van der Waals surface area contributed by atoms with Crippen LogP contribution in [0.15, 0.2) is 42.6 Å². The van der Waals surface area contributed by atoms with Crippen LogP contribution in [0.2, 0.25) is 0 Å². The Bertz CT molecular complexity index is 767. The third kappa shape index (κ3) is 4.13. The number of hydrogen-bond acceptors (Lipinski definition) is 5. The first kappa shape index (κ1) is 18.3. The molecule has 1 aromatic heterocycles. The first-order chi connectivity index (χ1) is 12.9. The topological polar surface area (TPSA) is 76.8 Å². The number of aromatic nitrogens is 1. The fourth-order valence-corrected chi connectivity index (χ4v) is 4.77. The SMILES string of the molecule is Oc1ccc(C(O)CN2C[C@@H]3CC(O)(Cc4ccc(F)cc4)C[C@@H]3C2)nc1. The summed E-state index contributed by atoms with van der Waals surface area (Å²) in [6.07, 6.45) is 2.67. The van der Waals surface area contributed by atoms with Crippen molar-refractivity contribution in [3.8, 4) is 5.75 Å². The van der Waals surface area contributed by atoms with Crippen molar-refractivity contribution in [2.24, 2.45) is 11.8 Å². The van der Waals surface area contributed by atoms with Gasteiger partial charge in [0.15, 0.2) is 0 Å². The van der Waals surface area contributed by atoms with Crippen LogP contribution in [0.1, 0.15) is 30.2 Å². The van der Waals surface area contributed by atoms with Crippen LogP contribution in [0.25, 0.3) is 0 Å². The van der Waals surface area contributed by atoms with Crippen molar-refractivity contribution in [3.05, 3.63) is 59.7 Å². The number of halogens is 1. The molecule has 1 aliphatic carbocycles. The van der Waals surface area contributed by atoms with Gasteiger partial charge in [0.1, 0.15) is 17.7 Å². The standard InChI is InChI=1S/C21H25FN2O3/c22-17-3-1-14(2-4-17)7-21(27)8-15-11-24(12-16(15)9-21)13-20(26)19-6-5-18(25)10-23-19/h1-6,10,15-16,20,25-27H,7-9,11-13H2/t15-,16+,20?,21?. The smallest absolute Gasteiger partial charge is 0.133 e. The van der Waals surface area contributed by atoms with Gasteiger partial charge in [0.05, 0.1) is 17.5 Å². The Hall–Kier alpha value is -2.02. The lowest BCUT2D eigenvalue weighted by Gasteiger charge is -2.27. The second kappa shape index (κ2) is 7.19. The van der Waals surface area contributed by atoms with Crippen molar-refractivity contribution in [2.75, 3.05) is 19.6 Å². The third-order valence-corrected chi connectivity index (χ3v) is 5.93. The molecule has 1 saturated heterocycles. The second-order valence-electron chi connectivity index (χ2n) is 8.13. The van der Waals surface area contributed by atoms with E-state index in [0.29, 0.717) is 30.5 Å². The zero-order valence-corrected chi connectivity index (χ0v) is 15.1. The zero-order chi connectivity index (χ0) is 19.0. The van der Waals surface area contributed by atoms with Crippen LogP contribution < -0.4 is 0 Å². The number of aliphatic hydroxyl groups excluding tert-OH is 1. The molecule has 1 aliphatic heterocycles. The van der Waals surface area contributed by atoms with Gasteiger partial charge in [-0.15, -0.1) is 0 Å². The molecule has 27 heavy (non-hydrogen) atoms. The van der Waals surface area contributed by atoms with Gasteiger partial charge >= 0.3 is 0 Å². The highest BCUT2D eigenvalue weighted by atomic mass is 19.1. The fourth-order valence-electron chi connectivity index (χ4n) is 4.77. The number of benzene rings is 1. The van der Waals surface area contributed by atoms with Gasteiger partial charge in [0.2, 0.25) is 0 Å². The van der Waals surface area contributed by atoms with Gasteiger partial charge in [-0.1, -0.05) is 12.1 Å². The van der Waals surface area contributed by atoms with E-state index in [4.69, 9.17) is 0 Å². The number of likely N-dealkylation sites (tertiary alicyclic amines) is 1. The molecular weight excluding hydrogens is 347 g/mol. The molecule has 2 heterocycles. The van der Waals surface area contributed by atoms with Crippen molar-refractivity contribution in [1.82, 2.24) is 9.88 Å². The Morgan fingerprint density at radius 1 is 1.11 bits per heavy atom. The Morgan fingerprint density at radius 3 is 2.37 bits per heavy atom. The van der Waals surface area contributed by atoms with Crippen LogP contribution in [0.3, 0.4) is 0 Å². The molecule has 1 aromatic carbocycles. The molecule has 2 unspecified atom stereocenters. The quantitative estimate of drug-likeness (QED) is 0.751. The normalized spacial score (nSPS) is 29.0. The minimum atomic E-state index is -0.726. The average molecular weight is 372 g/mol. The van der Waals surface area contributed by atoms with Crippen molar-refractivity contribution in [3.63, 3.8) is 0 Å². The maximum absolute atomic E-state index is 13.1. The number of rotatable bonds is 5. The van der Waals surface area contributed by atoms with Gasteiger partial charge in [-0.25, -0.2) is 4.39 Å². The maximum Gasteiger partial charge on any atom is 0.133 e. The highest BCUT2D eigenvalue weighted by Crippen LogP contribution is 2.45. The van der Waals surface area contributed by atoms with Crippen LogP contribution in [0.4, 0.5) is 4.39 Å². The highest BCUT2D eigenvalue weighted by molar-refractivity contribution is 5.20. The van der Waals surface area contributed by atoms with Crippen LogP contribution in [0.5, 0.6) is 5.75 Å². The molecule has 5 nitrogen and oxygen atoms in total. The van der Waals surface area contributed by atoms with Crippen molar-refractivity contribution in [1.29, 1.82) is 0 Å². The van der Waals surface area contributed by atoms with Crippen molar-refractivity contribution < 1.29 is 19.7 Å². The first-order valence-electron chi connectivity index (χ1n) is 9.42. The lowest BCUT2D eigenvalue weighted by atomic mass is 9.91. The van der Waals surface area contributed by atoms with E-state index < -0.39 is 11.7 Å². The average Bonchev–Trinajstić information content (AvgIpc) is 3.11.